The Morgan fingerprint density at radius 3 is 1.64 bits per heavy atom. The van der Waals surface area contributed by atoms with Crippen LogP contribution in [-0.4, -0.2) is 0 Å². The van der Waals surface area contributed by atoms with E-state index in [1.54, 1.807) is 0 Å². The molecule has 3 heteroatoms. The summed E-state index contributed by atoms with van der Waals surface area (Å²) >= 11 is 0. The van der Waals surface area contributed by atoms with Gasteiger partial charge in [0.1, 0.15) is 11.3 Å². The summed E-state index contributed by atoms with van der Waals surface area (Å²) in [6, 6.07) is 88.0. The van der Waals surface area contributed by atoms with Crippen LogP contribution in [0.15, 0.2) is 247 Å². The minimum Gasteiger partial charge on any atom is -0.456 e. The number of anilines is 6. The molecule has 1 heterocycles. The van der Waals surface area contributed by atoms with Gasteiger partial charge in [-0.2, -0.15) is 0 Å². The molecule has 0 radical (unpaired) electrons. The molecule has 0 fully saturated rings. The smallest absolute Gasteiger partial charge is 0.142 e. The quantitative estimate of drug-likeness (QED) is 0.160. The Hall–Kier alpha value is -8.40. The van der Waals surface area contributed by atoms with Gasteiger partial charge in [-0.25, -0.2) is 0 Å². The Balaban J connectivity index is 1.12. The minimum absolute atomic E-state index is 0.690. The first-order chi connectivity index (χ1) is 31.8. The minimum atomic E-state index is -0.690. The molecule has 1 atom stereocenters. The maximum absolute atomic E-state index is 7.24. The van der Waals surface area contributed by atoms with Crippen molar-refractivity contribution in [2.45, 2.75) is 5.41 Å². The van der Waals surface area contributed by atoms with E-state index in [4.69, 9.17) is 4.42 Å². The molecule has 0 aliphatic heterocycles. The molecule has 1 spiro atoms. The van der Waals surface area contributed by atoms with Crippen molar-refractivity contribution in [2.75, 3.05) is 9.80 Å². The van der Waals surface area contributed by atoms with Crippen molar-refractivity contribution >= 4 is 55.9 Å². The van der Waals surface area contributed by atoms with E-state index in [-0.39, 0.29) is 0 Å². The lowest BCUT2D eigenvalue weighted by Gasteiger charge is -2.32. The summed E-state index contributed by atoms with van der Waals surface area (Å²) in [7, 11) is 0. The fourth-order valence-corrected chi connectivity index (χ4v) is 10.9. The van der Waals surface area contributed by atoms with Crippen molar-refractivity contribution in [1.29, 1.82) is 0 Å². The third-order valence-electron chi connectivity index (χ3n) is 13.4. The van der Waals surface area contributed by atoms with Crippen LogP contribution in [0.1, 0.15) is 22.3 Å². The van der Waals surface area contributed by atoms with Crippen LogP contribution in [0.25, 0.3) is 55.3 Å². The number of para-hydroxylation sites is 3. The second-order valence-electron chi connectivity index (χ2n) is 16.8. The van der Waals surface area contributed by atoms with Crippen molar-refractivity contribution in [3.05, 3.63) is 265 Å². The van der Waals surface area contributed by atoms with E-state index in [9.17, 15) is 0 Å². The zero-order chi connectivity index (χ0) is 42.2. The molecule has 300 valence electrons. The topological polar surface area (TPSA) is 19.6 Å². The van der Waals surface area contributed by atoms with Crippen LogP contribution >= 0.6 is 0 Å². The second-order valence-corrected chi connectivity index (χ2v) is 16.8. The molecule has 2 aliphatic carbocycles. The number of fused-ring (bicyclic) bond motifs is 13. The van der Waals surface area contributed by atoms with Gasteiger partial charge >= 0.3 is 0 Å². The number of nitrogens with zero attached hydrogens (tertiary/aromatic N) is 2. The zero-order valence-corrected chi connectivity index (χ0v) is 34.9. The van der Waals surface area contributed by atoms with Crippen molar-refractivity contribution in [3.8, 4) is 33.6 Å². The van der Waals surface area contributed by atoms with Crippen molar-refractivity contribution in [2.24, 2.45) is 0 Å². The average Bonchev–Trinajstić information content (AvgIpc) is 3.99. The Morgan fingerprint density at radius 2 is 0.859 bits per heavy atom. The SMILES string of the molecule is c1ccc(-c2cccc(N(c3ccccc3)c3cccc4c3-c3ccccc3C43c4cccc(N(c5ccccc5)c5cccc6ccccc56)c4-c4oc5ccccc5c43)c2)cc1. The number of rotatable bonds is 7. The van der Waals surface area contributed by atoms with Crippen LogP contribution in [0.3, 0.4) is 0 Å². The lowest BCUT2D eigenvalue weighted by atomic mass is 9.70. The van der Waals surface area contributed by atoms with E-state index in [1.807, 2.05) is 0 Å². The molecular formula is C61H40N2O. The molecule has 10 aromatic carbocycles. The third kappa shape index (κ3) is 5.22. The van der Waals surface area contributed by atoms with Crippen molar-refractivity contribution in [3.63, 3.8) is 0 Å². The van der Waals surface area contributed by atoms with E-state index < -0.39 is 5.41 Å². The van der Waals surface area contributed by atoms with Crippen LogP contribution in [0.5, 0.6) is 0 Å². The lowest BCUT2D eigenvalue weighted by Crippen LogP contribution is -2.26. The Morgan fingerprint density at radius 1 is 0.344 bits per heavy atom. The second kappa shape index (κ2) is 14.3. The molecule has 1 unspecified atom stereocenters. The highest BCUT2D eigenvalue weighted by Gasteiger charge is 2.56. The van der Waals surface area contributed by atoms with Gasteiger partial charge in [-0.1, -0.05) is 182 Å². The summed E-state index contributed by atoms with van der Waals surface area (Å²) in [5.41, 5.74) is 17.6. The van der Waals surface area contributed by atoms with Gasteiger partial charge in [0, 0.05) is 44.5 Å². The summed E-state index contributed by atoms with van der Waals surface area (Å²) in [6.07, 6.45) is 0. The van der Waals surface area contributed by atoms with E-state index in [2.05, 4.69) is 252 Å². The highest BCUT2D eigenvalue weighted by atomic mass is 16.3. The monoisotopic (exact) mass is 816 g/mol. The van der Waals surface area contributed by atoms with E-state index in [1.165, 1.54) is 55.3 Å². The van der Waals surface area contributed by atoms with Crippen LogP contribution < -0.4 is 9.80 Å². The first-order valence-corrected chi connectivity index (χ1v) is 22.0. The van der Waals surface area contributed by atoms with E-state index >= 15 is 0 Å². The maximum Gasteiger partial charge on any atom is 0.142 e. The third-order valence-corrected chi connectivity index (χ3v) is 13.4. The molecule has 0 bridgehead atoms. The van der Waals surface area contributed by atoms with Gasteiger partial charge in [-0.05, 0) is 99.4 Å². The standard InChI is InChI=1S/C61H40N2O/c1-4-20-41(21-5-1)43-24-16-29-46(40-43)62(44-25-6-2-7-26-44)54-37-18-34-51-57(54)48-31-12-14-33-50(48)61(51)52-35-19-38-55(58(52)60-59(61)49-32-13-15-39-56(49)64-60)63(45-27-8-3-9-28-45)53-36-17-23-42-22-10-11-30-47(42)53/h1-40H. The summed E-state index contributed by atoms with van der Waals surface area (Å²) in [5, 5.41) is 3.50. The molecule has 0 N–H and O–H groups in total. The highest BCUT2D eigenvalue weighted by Crippen LogP contribution is 2.68. The van der Waals surface area contributed by atoms with Gasteiger partial charge < -0.3 is 14.2 Å². The van der Waals surface area contributed by atoms with Crippen molar-refractivity contribution in [1.82, 2.24) is 0 Å². The van der Waals surface area contributed by atoms with Crippen molar-refractivity contribution < 1.29 is 4.42 Å². The Labute approximate surface area is 372 Å². The molecule has 0 saturated heterocycles. The molecule has 64 heavy (non-hydrogen) atoms. The summed E-state index contributed by atoms with van der Waals surface area (Å²) in [6.45, 7) is 0. The van der Waals surface area contributed by atoms with E-state index in [0.29, 0.717) is 0 Å². The molecule has 0 amide bonds. The predicted octanol–water partition coefficient (Wildman–Crippen LogP) is 16.5. The van der Waals surface area contributed by atoms with Crippen LogP contribution in [0, 0.1) is 0 Å². The molecule has 3 nitrogen and oxygen atoms in total. The zero-order valence-electron chi connectivity index (χ0n) is 34.9. The first kappa shape index (κ1) is 36.3. The largest absolute Gasteiger partial charge is 0.456 e. The van der Waals surface area contributed by atoms with Gasteiger partial charge in [0.15, 0.2) is 0 Å². The van der Waals surface area contributed by atoms with Gasteiger partial charge in [0.05, 0.1) is 22.5 Å². The van der Waals surface area contributed by atoms with Gasteiger partial charge in [0.25, 0.3) is 0 Å². The first-order valence-electron chi connectivity index (χ1n) is 22.0. The van der Waals surface area contributed by atoms with Crippen LogP contribution in [0.2, 0.25) is 0 Å². The molecule has 2 aliphatic rings. The van der Waals surface area contributed by atoms with Crippen LogP contribution in [0.4, 0.5) is 34.1 Å². The maximum atomic E-state index is 7.24. The molecule has 0 saturated carbocycles. The molecule has 1 aromatic heterocycles. The molecular weight excluding hydrogens is 777 g/mol. The average molecular weight is 817 g/mol. The Bertz CT molecular complexity index is 3570. The fourth-order valence-electron chi connectivity index (χ4n) is 10.9. The van der Waals surface area contributed by atoms with Crippen LogP contribution in [-0.2, 0) is 5.41 Å². The number of furan rings is 1. The summed E-state index contributed by atoms with van der Waals surface area (Å²) < 4.78 is 7.24. The van der Waals surface area contributed by atoms with E-state index in [0.717, 1.165) is 56.4 Å². The normalized spacial score (nSPS) is 14.3. The van der Waals surface area contributed by atoms with Gasteiger partial charge in [-0.15, -0.1) is 0 Å². The number of hydrogen-bond acceptors (Lipinski definition) is 3. The number of benzene rings is 10. The molecule has 11 aromatic rings. The highest BCUT2D eigenvalue weighted by molar-refractivity contribution is 6.09. The molecule has 13 rings (SSSR count). The predicted molar refractivity (Wildman–Crippen MR) is 265 cm³/mol. The van der Waals surface area contributed by atoms with Gasteiger partial charge in [-0.3, -0.25) is 0 Å². The van der Waals surface area contributed by atoms with Gasteiger partial charge in [0.2, 0.25) is 0 Å². The Kier molecular flexibility index (Phi) is 8.13. The number of hydrogen-bond donors (Lipinski definition) is 0. The fraction of sp³-hybridized carbons (Fsp3) is 0.0164. The summed E-state index contributed by atoms with van der Waals surface area (Å²) in [5.74, 6) is 0.913. The summed E-state index contributed by atoms with van der Waals surface area (Å²) in [4.78, 5) is 4.88. The lowest BCUT2D eigenvalue weighted by molar-refractivity contribution is 0.628.